The largest absolute Gasteiger partial charge is 0.451 e. The van der Waals surface area contributed by atoms with Crippen molar-refractivity contribution in [3.63, 3.8) is 0 Å². The molecular weight excluding hydrogens is 289 g/mol. The van der Waals surface area contributed by atoms with Crippen LogP contribution in [-0.2, 0) is 6.54 Å². The number of furan rings is 1. The molecule has 0 radical (unpaired) electrons. The first-order valence-electron chi connectivity index (χ1n) is 6.39. The lowest BCUT2D eigenvalue weighted by molar-refractivity contribution is 0.0924. The summed E-state index contributed by atoms with van der Waals surface area (Å²) in [7, 11) is 0. The molecule has 1 amide bonds. The highest BCUT2D eigenvalue weighted by Gasteiger charge is 2.14. The van der Waals surface area contributed by atoms with E-state index in [1.807, 2.05) is 17.5 Å². The van der Waals surface area contributed by atoms with Crippen molar-refractivity contribution in [3.05, 3.63) is 70.4 Å². The molecule has 2 heterocycles. The van der Waals surface area contributed by atoms with Crippen LogP contribution in [0.4, 0.5) is 4.39 Å². The molecule has 0 aliphatic carbocycles. The van der Waals surface area contributed by atoms with Gasteiger partial charge in [-0.1, -0.05) is 18.2 Å². The fraction of sp³-hybridized carbons (Fsp3) is 0.0625. The molecule has 0 aliphatic rings. The zero-order chi connectivity index (χ0) is 14.7. The molecule has 0 spiro atoms. The minimum absolute atomic E-state index is 0.171. The van der Waals surface area contributed by atoms with E-state index in [4.69, 9.17) is 4.42 Å². The molecule has 0 saturated heterocycles. The van der Waals surface area contributed by atoms with Crippen molar-refractivity contribution < 1.29 is 13.6 Å². The molecule has 106 valence electrons. The van der Waals surface area contributed by atoms with E-state index < -0.39 is 0 Å². The Morgan fingerprint density at radius 3 is 2.76 bits per heavy atom. The predicted octanol–water partition coefficient (Wildman–Crippen LogP) is 4.08. The van der Waals surface area contributed by atoms with Crippen molar-refractivity contribution >= 4 is 17.2 Å². The molecule has 0 aliphatic heterocycles. The van der Waals surface area contributed by atoms with Gasteiger partial charge in [0.2, 0.25) is 0 Å². The van der Waals surface area contributed by atoms with E-state index in [-0.39, 0.29) is 17.5 Å². The van der Waals surface area contributed by atoms with Gasteiger partial charge in [0.05, 0.1) is 12.1 Å². The van der Waals surface area contributed by atoms with Crippen molar-refractivity contribution in [1.82, 2.24) is 5.32 Å². The van der Waals surface area contributed by atoms with Crippen molar-refractivity contribution in [3.8, 4) is 11.3 Å². The SMILES string of the molecule is O=C(NCc1cccs1)c1ccc(-c2ccccc2F)o1. The smallest absolute Gasteiger partial charge is 0.287 e. The molecule has 0 bridgehead atoms. The summed E-state index contributed by atoms with van der Waals surface area (Å²) in [6, 6.07) is 13.3. The summed E-state index contributed by atoms with van der Waals surface area (Å²) < 4.78 is 19.1. The fourth-order valence-electron chi connectivity index (χ4n) is 1.93. The van der Waals surface area contributed by atoms with Gasteiger partial charge in [0.25, 0.3) is 5.91 Å². The van der Waals surface area contributed by atoms with Gasteiger partial charge in [-0.3, -0.25) is 4.79 Å². The molecule has 5 heteroatoms. The molecule has 1 aromatic carbocycles. The number of thiophene rings is 1. The molecule has 0 atom stereocenters. The van der Waals surface area contributed by atoms with Gasteiger partial charge in [0.15, 0.2) is 5.76 Å². The molecule has 3 nitrogen and oxygen atoms in total. The van der Waals surface area contributed by atoms with Crippen LogP contribution >= 0.6 is 11.3 Å². The maximum atomic E-state index is 13.7. The van der Waals surface area contributed by atoms with Gasteiger partial charge in [0, 0.05) is 4.88 Å². The molecule has 0 saturated carbocycles. The van der Waals surface area contributed by atoms with Crippen LogP contribution in [-0.4, -0.2) is 5.91 Å². The predicted molar refractivity (Wildman–Crippen MR) is 79.6 cm³/mol. The first-order valence-corrected chi connectivity index (χ1v) is 7.27. The summed E-state index contributed by atoms with van der Waals surface area (Å²) in [5.74, 6) is -0.178. The van der Waals surface area contributed by atoms with Crippen LogP contribution < -0.4 is 5.32 Å². The Balaban J connectivity index is 1.73. The highest BCUT2D eigenvalue weighted by molar-refractivity contribution is 7.09. The topological polar surface area (TPSA) is 42.2 Å². The molecule has 2 aromatic heterocycles. The Labute approximate surface area is 125 Å². The van der Waals surface area contributed by atoms with Crippen molar-refractivity contribution in [2.75, 3.05) is 0 Å². The van der Waals surface area contributed by atoms with Crippen LogP contribution in [0.3, 0.4) is 0 Å². The zero-order valence-corrected chi connectivity index (χ0v) is 11.8. The number of nitrogens with one attached hydrogen (secondary N) is 1. The third-order valence-corrected chi connectivity index (χ3v) is 3.85. The first-order chi connectivity index (χ1) is 10.2. The van der Waals surface area contributed by atoms with E-state index in [2.05, 4.69) is 5.32 Å². The number of hydrogen-bond acceptors (Lipinski definition) is 3. The lowest BCUT2D eigenvalue weighted by Crippen LogP contribution is -2.21. The van der Waals surface area contributed by atoms with E-state index in [0.717, 1.165) is 4.88 Å². The fourth-order valence-corrected chi connectivity index (χ4v) is 2.58. The maximum Gasteiger partial charge on any atom is 0.287 e. The highest BCUT2D eigenvalue weighted by Crippen LogP contribution is 2.24. The molecule has 21 heavy (non-hydrogen) atoms. The Morgan fingerprint density at radius 1 is 1.14 bits per heavy atom. The van der Waals surface area contributed by atoms with E-state index in [9.17, 15) is 9.18 Å². The lowest BCUT2D eigenvalue weighted by Gasteiger charge is -2.01. The van der Waals surface area contributed by atoms with Crippen LogP contribution in [0.1, 0.15) is 15.4 Å². The van der Waals surface area contributed by atoms with Crippen LogP contribution in [0, 0.1) is 5.82 Å². The normalized spacial score (nSPS) is 10.5. The van der Waals surface area contributed by atoms with E-state index in [1.165, 1.54) is 6.07 Å². The molecule has 0 fully saturated rings. The Bertz CT molecular complexity index is 749. The lowest BCUT2D eigenvalue weighted by atomic mass is 10.1. The quantitative estimate of drug-likeness (QED) is 0.789. The summed E-state index contributed by atoms with van der Waals surface area (Å²) in [6.45, 7) is 0.451. The minimum Gasteiger partial charge on any atom is -0.451 e. The summed E-state index contributed by atoms with van der Waals surface area (Å²) in [6.07, 6.45) is 0. The molecule has 3 rings (SSSR count). The highest BCUT2D eigenvalue weighted by atomic mass is 32.1. The number of carbonyl (C=O) groups is 1. The molecule has 1 N–H and O–H groups in total. The van der Waals surface area contributed by atoms with Crippen molar-refractivity contribution in [1.29, 1.82) is 0 Å². The second-order valence-electron chi connectivity index (χ2n) is 4.41. The molecular formula is C16H12FNO2S. The number of benzene rings is 1. The molecule has 0 unspecified atom stereocenters. The van der Waals surface area contributed by atoms with Crippen LogP contribution in [0.5, 0.6) is 0 Å². The van der Waals surface area contributed by atoms with Gasteiger partial charge in [-0.05, 0) is 35.7 Å². The van der Waals surface area contributed by atoms with Crippen molar-refractivity contribution in [2.45, 2.75) is 6.54 Å². The van der Waals surface area contributed by atoms with E-state index in [1.54, 1.807) is 41.7 Å². The zero-order valence-electron chi connectivity index (χ0n) is 11.0. The second kappa shape index (κ2) is 5.93. The van der Waals surface area contributed by atoms with Crippen LogP contribution in [0.2, 0.25) is 0 Å². The summed E-state index contributed by atoms with van der Waals surface area (Å²) in [5, 5.41) is 4.71. The molecule has 3 aromatic rings. The third-order valence-electron chi connectivity index (χ3n) is 2.97. The van der Waals surface area contributed by atoms with Gasteiger partial charge in [-0.25, -0.2) is 4.39 Å². The number of halogens is 1. The van der Waals surface area contributed by atoms with Crippen LogP contribution in [0.15, 0.2) is 58.3 Å². The van der Waals surface area contributed by atoms with Gasteiger partial charge < -0.3 is 9.73 Å². The summed E-state index contributed by atoms with van der Waals surface area (Å²) in [4.78, 5) is 13.0. The number of amides is 1. The maximum absolute atomic E-state index is 13.7. The number of carbonyl (C=O) groups excluding carboxylic acids is 1. The van der Waals surface area contributed by atoms with Crippen molar-refractivity contribution in [2.24, 2.45) is 0 Å². The Hall–Kier alpha value is -2.40. The van der Waals surface area contributed by atoms with Gasteiger partial charge in [-0.15, -0.1) is 11.3 Å². The minimum atomic E-state index is -0.377. The van der Waals surface area contributed by atoms with E-state index >= 15 is 0 Å². The monoisotopic (exact) mass is 301 g/mol. The summed E-state index contributed by atoms with van der Waals surface area (Å²) >= 11 is 1.57. The Kier molecular flexibility index (Phi) is 3.83. The van der Waals surface area contributed by atoms with Gasteiger partial charge >= 0.3 is 0 Å². The van der Waals surface area contributed by atoms with Crippen LogP contribution in [0.25, 0.3) is 11.3 Å². The van der Waals surface area contributed by atoms with Gasteiger partial charge in [-0.2, -0.15) is 0 Å². The van der Waals surface area contributed by atoms with Gasteiger partial charge in [0.1, 0.15) is 11.6 Å². The number of hydrogen-bond donors (Lipinski definition) is 1. The average molecular weight is 301 g/mol. The third kappa shape index (κ3) is 3.03. The second-order valence-corrected chi connectivity index (χ2v) is 5.44. The van der Waals surface area contributed by atoms with E-state index in [0.29, 0.717) is 17.9 Å². The summed E-state index contributed by atoms with van der Waals surface area (Å²) in [5.41, 5.74) is 0.342. The number of rotatable bonds is 4. The average Bonchev–Trinajstić information content (AvgIpc) is 3.17. The Morgan fingerprint density at radius 2 is 2.00 bits per heavy atom. The first kappa shape index (κ1) is 13.6. The standard InChI is InChI=1S/C16H12FNO2S/c17-13-6-2-1-5-12(13)14-7-8-15(20-14)16(19)18-10-11-4-3-9-21-11/h1-9H,10H2,(H,18,19).